The molecule has 1 unspecified atom stereocenters. The zero-order valence-electron chi connectivity index (χ0n) is 14.4. The summed E-state index contributed by atoms with van der Waals surface area (Å²) in [5.74, 6) is 0.410. The molecule has 0 radical (unpaired) electrons. The first-order valence-corrected chi connectivity index (χ1v) is 8.91. The van der Waals surface area contributed by atoms with Crippen molar-refractivity contribution in [1.82, 2.24) is 15.1 Å². The van der Waals surface area contributed by atoms with E-state index in [1.807, 2.05) is 6.07 Å². The lowest BCUT2D eigenvalue weighted by atomic mass is 10.1. The van der Waals surface area contributed by atoms with Crippen molar-refractivity contribution in [3.63, 3.8) is 0 Å². The summed E-state index contributed by atoms with van der Waals surface area (Å²) in [5.41, 5.74) is 3.94. The highest BCUT2D eigenvalue weighted by molar-refractivity contribution is 6.30. The predicted octanol–water partition coefficient (Wildman–Crippen LogP) is 4.39. The Kier molecular flexibility index (Phi) is 4.49. The fourth-order valence-corrected chi connectivity index (χ4v) is 3.39. The van der Waals surface area contributed by atoms with Gasteiger partial charge in [-0.3, -0.25) is 14.8 Å². The second-order valence-electron chi connectivity index (χ2n) is 6.48. The highest BCUT2D eigenvalue weighted by atomic mass is 35.5. The van der Waals surface area contributed by atoms with Gasteiger partial charge in [0.2, 0.25) is 0 Å². The van der Waals surface area contributed by atoms with E-state index in [0.717, 1.165) is 24.3 Å². The van der Waals surface area contributed by atoms with Crippen LogP contribution in [-0.2, 0) is 13.1 Å². The number of hydrogen-bond donors (Lipinski definition) is 2. The van der Waals surface area contributed by atoms with Crippen LogP contribution in [0.3, 0.4) is 0 Å². The number of nitrogens with zero attached hydrogens (tertiary/aromatic N) is 2. The van der Waals surface area contributed by atoms with Gasteiger partial charge in [-0.25, -0.2) is 0 Å². The summed E-state index contributed by atoms with van der Waals surface area (Å²) in [4.78, 5) is 14.8. The number of H-pyrrole nitrogens is 1. The molecule has 0 bridgehead atoms. The molecule has 5 nitrogen and oxygen atoms in total. The molecule has 1 aliphatic rings. The molecule has 26 heavy (non-hydrogen) atoms. The maximum absolute atomic E-state index is 12.4. The number of hydrogen-bond acceptors (Lipinski definition) is 3. The van der Waals surface area contributed by atoms with Crippen LogP contribution in [0, 0.1) is 0 Å². The highest BCUT2D eigenvalue weighted by Crippen LogP contribution is 2.33. The van der Waals surface area contributed by atoms with Crippen molar-refractivity contribution in [3.8, 4) is 0 Å². The normalized spacial score (nSPS) is 14.8. The van der Waals surface area contributed by atoms with E-state index in [2.05, 4.69) is 51.6 Å². The first-order valence-electron chi connectivity index (χ1n) is 8.54. The lowest BCUT2D eigenvalue weighted by molar-refractivity contribution is 0.102. The van der Waals surface area contributed by atoms with Crippen molar-refractivity contribution in [2.75, 3.05) is 5.32 Å². The summed E-state index contributed by atoms with van der Waals surface area (Å²) in [5, 5.41) is 10.8. The molecule has 0 aliphatic carbocycles. The fraction of sp³-hybridized carbons (Fsp3) is 0.200. The number of aromatic amines is 1. The quantitative estimate of drug-likeness (QED) is 0.719. The molecule has 6 heteroatoms. The molecule has 3 aromatic rings. The third-order valence-electron chi connectivity index (χ3n) is 4.84. The second kappa shape index (κ2) is 6.94. The first-order chi connectivity index (χ1) is 12.6. The fourth-order valence-electron chi connectivity index (χ4n) is 3.27. The van der Waals surface area contributed by atoms with E-state index < -0.39 is 0 Å². The van der Waals surface area contributed by atoms with Crippen LogP contribution in [0.25, 0.3) is 0 Å². The Bertz CT molecular complexity index is 921. The number of halogens is 1. The van der Waals surface area contributed by atoms with Gasteiger partial charge in [0.25, 0.3) is 5.91 Å². The average molecular weight is 367 g/mol. The molecule has 1 aromatic heterocycles. The van der Waals surface area contributed by atoms with Crippen LogP contribution in [0.4, 0.5) is 5.82 Å². The molecule has 0 spiro atoms. The first kappa shape index (κ1) is 16.8. The zero-order valence-corrected chi connectivity index (χ0v) is 15.1. The van der Waals surface area contributed by atoms with Crippen molar-refractivity contribution in [2.45, 2.75) is 26.1 Å². The predicted molar refractivity (Wildman–Crippen MR) is 102 cm³/mol. The van der Waals surface area contributed by atoms with Crippen LogP contribution in [-0.4, -0.2) is 21.0 Å². The van der Waals surface area contributed by atoms with Crippen molar-refractivity contribution in [3.05, 3.63) is 82.0 Å². The van der Waals surface area contributed by atoms with E-state index in [-0.39, 0.29) is 11.9 Å². The van der Waals surface area contributed by atoms with E-state index in [4.69, 9.17) is 11.6 Å². The average Bonchev–Trinajstić information content (AvgIpc) is 3.24. The number of benzene rings is 2. The molecule has 0 saturated heterocycles. The van der Waals surface area contributed by atoms with Gasteiger partial charge in [0.05, 0.1) is 5.69 Å². The Labute approximate surface area is 157 Å². The number of aromatic nitrogens is 2. The van der Waals surface area contributed by atoms with Crippen molar-refractivity contribution >= 4 is 23.3 Å². The molecule has 2 heterocycles. The summed E-state index contributed by atoms with van der Waals surface area (Å²) >= 11 is 5.88. The van der Waals surface area contributed by atoms with Gasteiger partial charge in [0.15, 0.2) is 5.82 Å². The van der Waals surface area contributed by atoms with E-state index in [1.165, 1.54) is 5.56 Å². The van der Waals surface area contributed by atoms with E-state index in [0.29, 0.717) is 16.4 Å². The summed E-state index contributed by atoms with van der Waals surface area (Å²) in [7, 11) is 0. The smallest absolute Gasteiger partial charge is 0.256 e. The molecule has 132 valence electrons. The third-order valence-corrected chi connectivity index (χ3v) is 5.10. The van der Waals surface area contributed by atoms with Gasteiger partial charge in [-0.05, 0) is 36.8 Å². The number of nitrogens with one attached hydrogen (secondary N) is 2. The topological polar surface area (TPSA) is 61.0 Å². The molecular weight excluding hydrogens is 348 g/mol. The summed E-state index contributed by atoms with van der Waals surface area (Å²) in [6.07, 6.45) is 0. The number of carbonyl (C=O) groups is 1. The molecular formula is C20H19ClN4O. The largest absolute Gasteiger partial charge is 0.305 e. The van der Waals surface area contributed by atoms with Gasteiger partial charge >= 0.3 is 0 Å². The second-order valence-corrected chi connectivity index (χ2v) is 6.92. The Balaban J connectivity index is 1.48. The van der Waals surface area contributed by atoms with Gasteiger partial charge < -0.3 is 5.32 Å². The Morgan fingerprint density at radius 3 is 2.62 bits per heavy atom. The minimum atomic E-state index is -0.189. The van der Waals surface area contributed by atoms with Crippen molar-refractivity contribution in [1.29, 1.82) is 0 Å². The van der Waals surface area contributed by atoms with Crippen LogP contribution in [0.2, 0.25) is 5.02 Å². The molecule has 1 atom stereocenters. The molecule has 2 aromatic carbocycles. The third kappa shape index (κ3) is 3.23. The van der Waals surface area contributed by atoms with E-state index >= 15 is 0 Å². The summed E-state index contributed by atoms with van der Waals surface area (Å²) < 4.78 is 0. The molecule has 0 saturated carbocycles. The number of carbonyl (C=O) groups excluding carboxylic acids is 1. The van der Waals surface area contributed by atoms with Gasteiger partial charge in [0, 0.05) is 35.3 Å². The van der Waals surface area contributed by atoms with Crippen LogP contribution in [0.1, 0.15) is 40.1 Å². The van der Waals surface area contributed by atoms with Gasteiger partial charge in [0.1, 0.15) is 0 Å². The maximum Gasteiger partial charge on any atom is 0.256 e. The highest BCUT2D eigenvalue weighted by Gasteiger charge is 2.29. The lowest BCUT2D eigenvalue weighted by Crippen LogP contribution is -2.22. The summed E-state index contributed by atoms with van der Waals surface area (Å²) in [6, 6.07) is 17.5. The van der Waals surface area contributed by atoms with Crippen LogP contribution in [0.5, 0.6) is 0 Å². The number of fused-ring (bicyclic) bond motifs is 1. The van der Waals surface area contributed by atoms with Crippen LogP contribution in [0.15, 0.2) is 54.6 Å². The molecule has 1 aliphatic heterocycles. The van der Waals surface area contributed by atoms with Gasteiger partial charge in [-0.1, -0.05) is 41.9 Å². The lowest BCUT2D eigenvalue weighted by Gasteiger charge is -2.24. The van der Waals surface area contributed by atoms with Crippen molar-refractivity contribution in [2.24, 2.45) is 0 Å². The SMILES string of the molecule is CC(c1ccccc1)N1Cc2[nH]nc(NC(=O)c3ccc(Cl)cc3)c2C1. The van der Waals surface area contributed by atoms with Crippen molar-refractivity contribution < 1.29 is 4.79 Å². The molecule has 4 rings (SSSR count). The van der Waals surface area contributed by atoms with Crippen LogP contribution >= 0.6 is 11.6 Å². The Morgan fingerprint density at radius 1 is 1.15 bits per heavy atom. The maximum atomic E-state index is 12.4. The van der Waals surface area contributed by atoms with Gasteiger partial charge in [-0.2, -0.15) is 5.10 Å². The van der Waals surface area contributed by atoms with E-state index in [1.54, 1.807) is 24.3 Å². The zero-order chi connectivity index (χ0) is 18.1. The number of amides is 1. The Morgan fingerprint density at radius 2 is 1.88 bits per heavy atom. The summed E-state index contributed by atoms with van der Waals surface area (Å²) in [6.45, 7) is 3.73. The standard InChI is InChI=1S/C20H19ClN4O/c1-13(14-5-3-2-4-6-14)25-11-17-18(12-25)23-24-19(17)22-20(26)15-7-9-16(21)10-8-15/h2-10,13H,11-12H2,1H3,(H2,22,23,24,26). The molecule has 0 fully saturated rings. The molecule has 1 amide bonds. The van der Waals surface area contributed by atoms with E-state index in [9.17, 15) is 4.79 Å². The monoisotopic (exact) mass is 366 g/mol. The Hall–Kier alpha value is -2.63. The van der Waals surface area contributed by atoms with Gasteiger partial charge in [-0.15, -0.1) is 0 Å². The minimum absolute atomic E-state index is 0.189. The van der Waals surface area contributed by atoms with Crippen LogP contribution < -0.4 is 5.32 Å². The number of rotatable bonds is 4. The molecule has 2 N–H and O–H groups in total. The minimum Gasteiger partial charge on any atom is -0.305 e. The number of anilines is 1.